The summed E-state index contributed by atoms with van der Waals surface area (Å²) in [4.78, 5) is 34.7. The van der Waals surface area contributed by atoms with E-state index in [-0.39, 0.29) is 11.8 Å². The average molecular weight is 412 g/mol. The van der Waals surface area contributed by atoms with Gasteiger partial charge in [-0.15, -0.1) is 0 Å². The molecule has 0 saturated carbocycles. The zero-order valence-electron chi connectivity index (χ0n) is 17.8. The second-order valence-corrected chi connectivity index (χ2v) is 7.32. The van der Waals surface area contributed by atoms with Crippen molar-refractivity contribution < 1.29 is 14.0 Å². The first-order chi connectivity index (χ1) is 14.5. The van der Waals surface area contributed by atoms with Crippen LogP contribution < -0.4 is 5.32 Å². The summed E-state index contributed by atoms with van der Waals surface area (Å²) in [5.74, 6) is 1.12. The van der Waals surface area contributed by atoms with Crippen molar-refractivity contribution in [3.8, 4) is 0 Å². The Kier molecular flexibility index (Phi) is 7.11. The van der Waals surface area contributed by atoms with E-state index >= 15 is 0 Å². The Hall–Kier alpha value is -3.29. The maximum Gasteiger partial charge on any atom is 0.289 e. The molecular formula is C22H29N5O3. The molecule has 0 radical (unpaired) electrons. The highest BCUT2D eigenvalue weighted by atomic mass is 16.3. The number of carbonyl (C=O) groups excluding carboxylic acids is 2. The van der Waals surface area contributed by atoms with E-state index in [1.54, 1.807) is 36.0 Å². The van der Waals surface area contributed by atoms with Crippen LogP contribution in [0.4, 0.5) is 0 Å². The molecule has 8 nitrogen and oxygen atoms in total. The van der Waals surface area contributed by atoms with Crippen molar-refractivity contribution in [2.75, 3.05) is 46.8 Å². The molecule has 1 aromatic carbocycles. The van der Waals surface area contributed by atoms with Gasteiger partial charge in [0.15, 0.2) is 11.7 Å². The topological polar surface area (TPSA) is 81.4 Å². The lowest BCUT2D eigenvalue weighted by Crippen LogP contribution is -2.53. The number of nitrogens with zero attached hydrogens (tertiary/aromatic N) is 4. The van der Waals surface area contributed by atoms with Crippen LogP contribution >= 0.6 is 0 Å². The fourth-order valence-corrected chi connectivity index (χ4v) is 3.28. The number of rotatable bonds is 5. The van der Waals surface area contributed by atoms with E-state index in [0.717, 1.165) is 18.1 Å². The number of piperazine rings is 1. The van der Waals surface area contributed by atoms with Crippen LogP contribution in [0, 0.1) is 0 Å². The molecule has 8 heteroatoms. The van der Waals surface area contributed by atoms with Crippen molar-refractivity contribution in [2.45, 2.75) is 13.5 Å². The molecule has 1 aliphatic heterocycles. The molecule has 1 aliphatic rings. The molecule has 3 rings (SSSR count). The number of aliphatic imine (C=N–C) groups is 1. The Bertz CT molecular complexity index is 867. The Morgan fingerprint density at radius 2 is 1.73 bits per heavy atom. The summed E-state index contributed by atoms with van der Waals surface area (Å²) < 4.78 is 5.22. The number of amides is 2. The predicted molar refractivity (Wildman–Crippen MR) is 115 cm³/mol. The van der Waals surface area contributed by atoms with Gasteiger partial charge in [-0.05, 0) is 36.8 Å². The normalized spacial score (nSPS) is 14.6. The number of guanidine groups is 1. The molecule has 1 aromatic heterocycles. The summed E-state index contributed by atoms with van der Waals surface area (Å²) in [7, 11) is 3.48. The second-order valence-electron chi connectivity index (χ2n) is 7.32. The maximum atomic E-state index is 12.4. The molecular weight excluding hydrogens is 382 g/mol. The third-order valence-electron chi connectivity index (χ3n) is 4.95. The van der Waals surface area contributed by atoms with Gasteiger partial charge in [-0.1, -0.05) is 12.1 Å². The predicted octanol–water partition coefficient (Wildman–Crippen LogP) is 1.90. The van der Waals surface area contributed by atoms with E-state index in [1.165, 1.54) is 6.26 Å². The molecule has 0 bridgehead atoms. The highest BCUT2D eigenvalue weighted by molar-refractivity contribution is 5.94. The van der Waals surface area contributed by atoms with Gasteiger partial charge in [-0.25, -0.2) is 4.99 Å². The Labute approximate surface area is 177 Å². The van der Waals surface area contributed by atoms with E-state index in [4.69, 9.17) is 9.41 Å². The van der Waals surface area contributed by atoms with Crippen LogP contribution in [0.3, 0.4) is 0 Å². The highest BCUT2D eigenvalue weighted by Crippen LogP contribution is 2.11. The monoisotopic (exact) mass is 411 g/mol. The number of carbonyl (C=O) groups is 2. The minimum absolute atomic E-state index is 0.0136. The summed E-state index contributed by atoms with van der Waals surface area (Å²) in [6.45, 7) is 5.96. The van der Waals surface area contributed by atoms with Gasteiger partial charge >= 0.3 is 0 Å². The third kappa shape index (κ3) is 5.20. The van der Waals surface area contributed by atoms with Gasteiger partial charge in [0.25, 0.3) is 11.8 Å². The van der Waals surface area contributed by atoms with Crippen molar-refractivity contribution in [2.24, 2.45) is 4.99 Å². The Balaban J connectivity index is 1.60. The lowest BCUT2D eigenvalue weighted by Gasteiger charge is -2.36. The third-order valence-corrected chi connectivity index (χ3v) is 4.95. The van der Waals surface area contributed by atoms with Crippen LogP contribution in [0.15, 0.2) is 52.1 Å². The minimum Gasteiger partial charge on any atom is -0.459 e. The van der Waals surface area contributed by atoms with Crippen LogP contribution in [-0.4, -0.2) is 79.3 Å². The first-order valence-electron chi connectivity index (χ1n) is 10.2. The van der Waals surface area contributed by atoms with Gasteiger partial charge in [-0.2, -0.15) is 0 Å². The zero-order valence-corrected chi connectivity index (χ0v) is 17.8. The summed E-state index contributed by atoms with van der Waals surface area (Å²) in [5, 5.41) is 3.33. The molecule has 30 heavy (non-hydrogen) atoms. The molecule has 2 amide bonds. The first-order valence-corrected chi connectivity index (χ1v) is 10.2. The number of hydrogen-bond donors (Lipinski definition) is 1. The molecule has 0 atom stereocenters. The first kappa shape index (κ1) is 21.4. The quantitative estimate of drug-likeness (QED) is 0.600. The van der Waals surface area contributed by atoms with Crippen LogP contribution in [0.25, 0.3) is 0 Å². The molecule has 0 spiro atoms. The molecule has 1 saturated heterocycles. The molecule has 1 fully saturated rings. The molecule has 1 N–H and O–H groups in total. The van der Waals surface area contributed by atoms with Gasteiger partial charge in [0.1, 0.15) is 0 Å². The van der Waals surface area contributed by atoms with Crippen molar-refractivity contribution in [3.63, 3.8) is 0 Å². The second kappa shape index (κ2) is 9.96. The minimum atomic E-state index is -0.0750. The maximum absolute atomic E-state index is 12.4. The fourth-order valence-electron chi connectivity index (χ4n) is 3.28. The molecule has 2 heterocycles. The van der Waals surface area contributed by atoms with Crippen LogP contribution in [0.2, 0.25) is 0 Å². The lowest BCUT2D eigenvalue weighted by atomic mass is 10.1. The van der Waals surface area contributed by atoms with Crippen LogP contribution in [0.5, 0.6) is 0 Å². The summed E-state index contributed by atoms with van der Waals surface area (Å²) in [6.07, 6.45) is 1.52. The lowest BCUT2D eigenvalue weighted by molar-refractivity contribution is 0.0657. The van der Waals surface area contributed by atoms with Crippen molar-refractivity contribution in [1.29, 1.82) is 0 Å². The van der Waals surface area contributed by atoms with Gasteiger partial charge in [-0.3, -0.25) is 9.59 Å². The average Bonchev–Trinajstić information content (AvgIpc) is 3.31. The fraction of sp³-hybridized carbons (Fsp3) is 0.409. The number of benzene rings is 1. The standard InChI is InChI=1S/C22H29N5O3/c1-4-23-22(24-16-17-7-9-18(10-8-17)20(28)25(2)3)27-13-11-26(12-14-27)21(29)19-6-5-15-30-19/h5-10,15H,4,11-14,16H2,1-3H3,(H,23,24). The van der Waals surface area contributed by atoms with Crippen LogP contribution in [0.1, 0.15) is 33.4 Å². The molecule has 2 aromatic rings. The van der Waals surface area contributed by atoms with E-state index < -0.39 is 0 Å². The van der Waals surface area contributed by atoms with Gasteiger partial charge in [0.2, 0.25) is 0 Å². The Morgan fingerprint density at radius 1 is 1.07 bits per heavy atom. The summed E-state index contributed by atoms with van der Waals surface area (Å²) in [6, 6.07) is 11.0. The number of nitrogens with one attached hydrogen (secondary N) is 1. The smallest absolute Gasteiger partial charge is 0.289 e. The van der Waals surface area contributed by atoms with E-state index in [2.05, 4.69) is 10.2 Å². The van der Waals surface area contributed by atoms with Gasteiger partial charge < -0.3 is 24.4 Å². The van der Waals surface area contributed by atoms with Crippen molar-refractivity contribution in [1.82, 2.24) is 20.0 Å². The van der Waals surface area contributed by atoms with Crippen LogP contribution in [-0.2, 0) is 6.54 Å². The number of hydrogen-bond acceptors (Lipinski definition) is 4. The van der Waals surface area contributed by atoms with E-state index in [9.17, 15) is 9.59 Å². The SMILES string of the molecule is CCNC(=NCc1ccc(C(=O)N(C)C)cc1)N1CCN(C(=O)c2ccco2)CC1. The van der Waals surface area contributed by atoms with Crippen molar-refractivity contribution >= 4 is 17.8 Å². The van der Waals surface area contributed by atoms with E-state index in [0.29, 0.717) is 44.0 Å². The summed E-state index contributed by atoms with van der Waals surface area (Å²) in [5.41, 5.74) is 1.70. The number of furan rings is 1. The molecule has 0 unspecified atom stereocenters. The summed E-state index contributed by atoms with van der Waals surface area (Å²) >= 11 is 0. The zero-order chi connectivity index (χ0) is 21.5. The highest BCUT2D eigenvalue weighted by Gasteiger charge is 2.25. The molecule has 0 aliphatic carbocycles. The van der Waals surface area contributed by atoms with Crippen molar-refractivity contribution in [3.05, 3.63) is 59.5 Å². The van der Waals surface area contributed by atoms with E-state index in [1.807, 2.05) is 31.2 Å². The largest absolute Gasteiger partial charge is 0.459 e. The van der Waals surface area contributed by atoms with Gasteiger partial charge in [0, 0.05) is 52.4 Å². The Morgan fingerprint density at radius 3 is 2.30 bits per heavy atom. The van der Waals surface area contributed by atoms with Gasteiger partial charge in [0.05, 0.1) is 12.8 Å². The molecule has 160 valence electrons.